The van der Waals surface area contributed by atoms with Gasteiger partial charge < -0.3 is 10.4 Å². The van der Waals surface area contributed by atoms with Crippen molar-refractivity contribution in [3.63, 3.8) is 0 Å². The summed E-state index contributed by atoms with van der Waals surface area (Å²) in [6.07, 6.45) is 3.75. The summed E-state index contributed by atoms with van der Waals surface area (Å²) in [5, 5.41) is 15.2. The molecule has 18 heavy (non-hydrogen) atoms. The Morgan fingerprint density at radius 1 is 1.39 bits per heavy atom. The maximum absolute atomic E-state index is 9.37. The molecule has 0 bridgehead atoms. The smallest absolute Gasteiger partial charge is 0.0462 e. The summed E-state index contributed by atoms with van der Waals surface area (Å²) >= 11 is 1.84. The van der Waals surface area contributed by atoms with Gasteiger partial charge in [-0.2, -0.15) is 0 Å². The molecule has 0 amide bonds. The number of thiophene rings is 1. The van der Waals surface area contributed by atoms with Crippen LogP contribution < -0.4 is 5.32 Å². The van der Waals surface area contributed by atoms with Gasteiger partial charge >= 0.3 is 0 Å². The predicted octanol–water partition coefficient (Wildman–Crippen LogP) is 3.44. The molecular formula is C15H25NOS. The third kappa shape index (κ3) is 3.34. The molecule has 3 heteroatoms. The lowest BCUT2D eigenvalue weighted by molar-refractivity contribution is 0.188. The molecule has 102 valence electrons. The lowest BCUT2D eigenvalue weighted by Gasteiger charge is -2.25. The van der Waals surface area contributed by atoms with E-state index in [1.165, 1.54) is 24.1 Å². The van der Waals surface area contributed by atoms with Crippen LogP contribution in [0.4, 0.5) is 0 Å². The van der Waals surface area contributed by atoms with Gasteiger partial charge in [-0.15, -0.1) is 11.3 Å². The molecule has 0 aromatic carbocycles. The van der Waals surface area contributed by atoms with Crippen molar-refractivity contribution in [1.82, 2.24) is 5.32 Å². The Labute approximate surface area is 114 Å². The largest absolute Gasteiger partial charge is 0.396 e. The van der Waals surface area contributed by atoms with Crippen molar-refractivity contribution < 1.29 is 5.11 Å². The van der Waals surface area contributed by atoms with Crippen LogP contribution in [0.15, 0.2) is 17.5 Å². The van der Waals surface area contributed by atoms with Crippen molar-refractivity contribution in [3.8, 4) is 0 Å². The predicted molar refractivity (Wildman–Crippen MR) is 77.8 cm³/mol. The second-order valence-electron chi connectivity index (χ2n) is 5.78. The second-order valence-corrected chi connectivity index (χ2v) is 6.76. The van der Waals surface area contributed by atoms with E-state index in [-0.39, 0.29) is 0 Å². The van der Waals surface area contributed by atoms with E-state index in [0.717, 1.165) is 6.54 Å². The fourth-order valence-corrected chi connectivity index (χ4v) is 4.01. The molecule has 0 radical (unpaired) electrons. The Hall–Kier alpha value is -0.380. The molecule has 2 rings (SSSR count). The van der Waals surface area contributed by atoms with E-state index < -0.39 is 0 Å². The van der Waals surface area contributed by atoms with Crippen LogP contribution in [0.25, 0.3) is 0 Å². The van der Waals surface area contributed by atoms with E-state index in [4.69, 9.17) is 0 Å². The normalized spacial score (nSPS) is 25.8. The lowest BCUT2D eigenvalue weighted by atomic mass is 9.95. The number of nitrogens with one attached hydrogen (secondary N) is 1. The monoisotopic (exact) mass is 267 g/mol. The summed E-state index contributed by atoms with van der Waals surface area (Å²) in [4.78, 5) is 1.43. The first-order valence-electron chi connectivity index (χ1n) is 7.10. The minimum atomic E-state index is 0.359. The van der Waals surface area contributed by atoms with E-state index in [0.29, 0.717) is 30.4 Å². The third-order valence-corrected chi connectivity index (χ3v) is 5.12. The summed E-state index contributed by atoms with van der Waals surface area (Å²) < 4.78 is 0. The van der Waals surface area contributed by atoms with E-state index in [1.807, 2.05) is 11.3 Å². The minimum Gasteiger partial charge on any atom is -0.396 e. The van der Waals surface area contributed by atoms with Crippen molar-refractivity contribution in [1.29, 1.82) is 0 Å². The number of rotatable bonds is 6. The van der Waals surface area contributed by atoms with Gasteiger partial charge in [-0.25, -0.2) is 0 Å². The summed E-state index contributed by atoms with van der Waals surface area (Å²) in [7, 11) is 0. The average Bonchev–Trinajstić information content (AvgIpc) is 2.99. The summed E-state index contributed by atoms with van der Waals surface area (Å²) in [5.41, 5.74) is 0. The minimum absolute atomic E-state index is 0.359. The Kier molecular flexibility index (Phi) is 5.22. The zero-order chi connectivity index (χ0) is 13.0. The molecular weight excluding hydrogens is 242 g/mol. The van der Waals surface area contributed by atoms with Gasteiger partial charge in [0.05, 0.1) is 0 Å². The number of aliphatic hydroxyl groups is 1. The van der Waals surface area contributed by atoms with Crippen LogP contribution in [0.3, 0.4) is 0 Å². The fourth-order valence-electron chi connectivity index (χ4n) is 3.03. The molecule has 2 N–H and O–H groups in total. The zero-order valence-electron chi connectivity index (χ0n) is 11.4. The maximum Gasteiger partial charge on any atom is 0.0462 e. The quantitative estimate of drug-likeness (QED) is 0.827. The van der Waals surface area contributed by atoms with Crippen molar-refractivity contribution in [2.45, 2.75) is 39.2 Å². The van der Waals surface area contributed by atoms with Crippen LogP contribution in [0, 0.1) is 17.8 Å². The van der Waals surface area contributed by atoms with Crippen molar-refractivity contribution in [3.05, 3.63) is 22.4 Å². The van der Waals surface area contributed by atoms with Crippen LogP contribution in [0.5, 0.6) is 0 Å². The molecule has 0 spiro atoms. The van der Waals surface area contributed by atoms with Crippen LogP contribution >= 0.6 is 11.3 Å². The summed E-state index contributed by atoms with van der Waals surface area (Å²) in [6, 6.07) is 4.81. The van der Waals surface area contributed by atoms with Crippen LogP contribution in [0.1, 0.15) is 44.0 Å². The molecule has 1 heterocycles. The topological polar surface area (TPSA) is 32.3 Å². The molecule has 3 unspecified atom stereocenters. The fraction of sp³-hybridized carbons (Fsp3) is 0.733. The molecule has 3 atom stereocenters. The maximum atomic E-state index is 9.37. The molecule has 1 aromatic heterocycles. The summed E-state index contributed by atoms with van der Waals surface area (Å²) in [5.74, 6) is 1.79. The Balaban J connectivity index is 1.90. The van der Waals surface area contributed by atoms with Gasteiger partial charge in [0.15, 0.2) is 0 Å². The van der Waals surface area contributed by atoms with Gasteiger partial charge in [-0.05, 0) is 48.6 Å². The van der Waals surface area contributed by atoms with Gasteiger partial charge in [0, 0.05) is 17.5 Å². The molecule has 1 saturated carbocycles. The SMILES string of the molecule is CC(C)C(NCC1CCCC1CO)c1cccs1. The highest BCUT2D eigenvalue weighted by molar-refractivity contribution is 7.10. The molecule has 0 aliphatic heterocycles. The van der Waals surface area contributed by atoms with E-state index in [1.54, 1.807) is 0 Å². The Bertz CT molecular complexity index is 336. The average molecular weight is 267 g/mol. The molecule has 1 aromatic rings. The first kappa shape index (κ1) is 14.0. The van der Waals surface area contributed by atoms with E-state index in [2.05, 4.69) is 36.7 Å². The molecule has 1 aliphatic rings. The van der Waals surface area contributed by atoms with E-state index in [9.17, 15) is 5.11 Å². The van der Waals surface area contributed by atoms with Gasteiger partial charge in [0.2, 0.25) is 0 Å². The molecule has 1 fully saturated rings. The van der Waals surface area contributed by atoms with Gasteiger partial charge in [-0.3, -0.25) is 0 Å². The Morgan fingerprint density at radius 2 is 2.17 bits per heavy atom. The Morgan fingerprint density at radius 3 is 2.78 bits per heavy atom. The van der Waals surface area contributed by atoms with E-state index >= 15 is 0 Å². The number of aliphatic hydroxyl groups excluding tert-OH is 1. The van der Waals surface area contributed by atoms with Crippen LogP contribution in [0.2, 0.25) is 0 Å². The van der Waals surface area contributed by atoms with Crippen molar-refractivity contribution >= 4 is 11.3 Å². The molecule has 0 saturated heterocycles. The third-order valence-electron chi connectivity index (χ3n) is 4.17. The zero-order valence-corrected chi connectivity index (χ0v) is 12.2. The first-order chi connectivity index (χ1) is 8.72. The highest BCUT2D eigenvalue weighted by atomic mass is 32.1. The standard InChI is InChI=1S/C15H25NOS/c1-11(2)15(14-7-4-8-18-14)16-9-12-5-3-6-13(12)10-17/h4,7-8,11-13,15-17H,3,5-6,9-10H2,1-2H3. The van der Waals surface area contributed by atoms with Gasteiger partial charge in [-0.1, -0.05) is 26.3 Å². The summed E-state index contributed by atoms with van der Waals surface area (Å²) in [6.45, 7) is 5.95. The van der Waals surface area contributed by atoms with Gasteiger partial charge in [0.25, 0.3) is 0 Å². The molecule has 1 aliphatic carbocycles. The first-order valence-corrected chi connectivity index (χ1v) is 7.98. The van der Waals surface area contributed by atoms with Gasteiger partial charge in [0.1, 0.15) is 0 Å². The van der Waals surface area contributed by atoms with Crippen molar-refractivity contribution in [2.75, 3.05) is 13.2 Å². The second kappa shape index (κ2) is 6.69. The van der Waals surface area contributed by atoms with Crippen LogP contribution in [-0.2, 0) is 0 Å². The lowest BCUT2D eigenvalue weighted by Crippen LogP contribution is -2.32. The number of hydrogen-bond donors (Lipinski definition) is 2. The number of hydrogen-bond acceptors (Lipinski definition) is 3. The highest BCUT2D eigenvalue weighted by Gasteiger charge is 2.27. The van der Waals surface area contributed by atoms with Crippen LogP contribution in [-0.4, -0.2) is 18.3 Å². The highest BCUT2D eigenvalue weighted by Crippen LogP contribution is 2.32. The molecule has 2 nitrogen and oxygen atoms in total. The van der Waals surface area contributed by atoms with Crippen molar-refractivity contribution in [2.24, 2.45) is 17.8 Å².